The van der Waals surface area contributed by atoms with Crippen molar-refractivity contribution in [1.82, 2.24) is 55.6 Å². The van der Waals surface area contributed by atoms with Gasteiger partial charge in [0.15, 0.2) is 0 Å². The van der Waals surface area contributed by atoms with Gasteiger partial charge in [0.25, 0.3) is 0 Å². The molecule has 0 bridgehead atoms. The third-order valence-electron chi connectivity index (χ3n) is 17.9. The molecule has 504 valence electrons. The standard InChI is InChI=1S/C65H95ClF3N11O11/c1-15-41(7)55-62(90)76(11)36-53(83)74(9)37-54(84)78(13)50(34-44-22-20-40(6)21-23-44)61(89)75(10)35-51(81)71-47(27-25-43-24-26-45(46(66)33-43)65(67,68)69)60(88)80-30-18-19-48(80)58(86)73-64(28-16-17-29-64)63(91)79(14)56(39(4)5)59(87)70-42(8)32-52(82)77(12)49(31-38(2)3)57(85)72-55/h20-24,26,33,38-39,41-42,47-50,55-56H,15-19,25,27-32,34-37H2,1-14H3,(H,70,87)(H,71,81)(H,72,85)(H,73,86)/t41-,42+,47-,48?,49-,50-,55-,56-/m0/s1. The van der Waals surface area contributed by atoms with E-state index in [1.807, 2.05) is 39.8 Å². The zero-order chi connectivity index (χ0) is 68.1. The molecule has 2 saturated heterocycles. The molecule has 11 amide bonds. The Labute approximate surface area is 538 Å². The molecular weight excluding hydrogens is 1200 g/mol. The normalized spacial score (nSPS) is 24.9. The highest BCUT2D eigenvalue weighted by Gasteiger charge is 2.49. The van der Waals surface area contributed by atoms with Crippen LogP contribution in [0.15, 0.2) is 42.5 Å². The Bertz CT molecular complexity index is 2980. The summed E-state index contributed by atoms with van der Waals surface area (Å²) in [5, 5.41) is 10.9. The van der Waals surface area contributed by atoms with Crippen LogP contribution in [-0.4, -0.2) is 216 Å². The Kier molecular flexibility index (Phi) is 26.4. The van der Waals surface area contributed by atoms with Crippen LogP contribution in [0.5, 0.6) is 0 Å². The van der Waals surface area contributed by atoms with Gasteiger partial charge in [0, 0.05) is 67.7 Å². The highest BCUT2D eigenvalue weighted by molar-refractivity contribution is 6.31. The summed E-state index contributed by atoms with van der Waals surface area (Å²) in [5.41, 5.74) is -0.723. The number of rotatable bonds is 10. The van der Waals surface area contributed by atoms with Gasteiger partial charge in [0.1, 0.15) is 41.8 Å². The highest BCUT2D eigenvalue weighted by atomic mass is 35.5. The van der Waals surface area contributed by atoms with E-state index in [4.69, 9.17) is 11.6 Å². The van der Waals surface area contributed by atoms with Crippen molar-refractivity contribution in [3.05, 3.63) is 69.7 Å². The first kappa shape index (κ1) is 74.4. The fraction of sp³-hybridized carbons (Fsp3) is 0.646. The maximum Gasteiger partial charge on any atom is 0.417 e. The van der Waals surface area contributed by atoms with Gasteiger partial charge in [-0.05, 0) is 99.8 Å². The fourth-order valence-corrected chi connectivity index (χ4v) is 12.5. The second-order valence-electron chi connectivity index (χ2n) is 26.0. The zero-order valence-electron chi connectivity index (χ0n) is 55.3. The van der Waals surface area contributed by atoms with Gasteiger partial charge in [0.2, 0.25) is 65.0 Å². The van der Waals surface area contributed by atoms with E-state index in [1.165, 1.54) is 63.1 Å². The summed E-state index contributed by atoms with van der Waals surface area (Å²) in [7, 11) is 8.38. The number of halogens is 4. The van der Waals surface area contributed by atoms with E-state index in [-0.39, 0.29) is 63.8 Å². The SMILES string of the molecule is CC[C@H](C)[C@@H]1NC(=O)[C@H](CC(C)C)N(C)C(=O)C[C@@H](C)NC(=O)[C@H](C(C)C)N(C)C(=O)C2(CCCC2)NC(=O)C2CCCN2C(=O)[C@H](CCc2ccc(C(F)(F)F)c(Cl)c2)NC(=O)CN(C)C(=O)[C@H](Cc2ccc(C)cc2)N(C)C(=O)CN(C)C(=O)CN(C)C1=O. The summed E-state index contributed by atoms with van der Waals surface area (Å²) in [4.78, 5) is 168. The molecule has 2 aromatic rings. The van der Waals surface area contributed by atoms with Crippen LogP contribution in [0.4, 0.5) is 13.2 Å². The van der Waals surface area contributed by atoms with E-state index >= 15 is 0 Å². The molecule has 3 fully saturated rings. The quantitative estimate of drug-likeness (QED) is 0.253. The molecular formula is C65H95ClF3N11O11. The molecule has 4 N–H and O–H groups in total. The summed E-state index contributed by atoms with van der Waals surface area (Å²) >= 11 is 6.11. The third kappa shape index (κ3) is 19.4. The maximum absolute atomic E-state index is 15.0. The van der Waals surface area contributed by atoms with Gasteiger partial charge in [-0.1, -0.05) is 108 Å². The van der Waals surface area contributed by atoms with Crippen molar-refractivity contribution in [2.75, 3.05) is 68.5 Å². The molecule has 3 aliphatic rings. The molecule has 0 aromatic heterocycles. The molecule has 91 heavy (non-hydrogen) atoms. The Hall–Kier alpha value is -7.31. The summed E-state index contributed by atoms with van der Waals surface area (Å²) in [5.74, 6) is -8.20. The number of likely N-dealkylation sites (N-methyl/N-ethyl adjacent to an activating group) is 6. The predicted octanol–water partition coefficient (Wildman–Crippen LogP) is 4.74. The third-order valence-corrected chi connectivity index (χ3v) is 18.2. The van der Waals surface area contributed by atoms with Crippen LogP contribution in [0, 0.1) is 24.7 Å². The number of carbonyl (C=O) groups is 11. The fourth-order valence-electron chi connectivity index (χ4n) is 12.2. The molecule has 5 rings (SSSR count). The lowest BCUT2D eigenvalue weighted by Crippen LogP contribution is -2.64. The number of hydrogen-bond donors (Lipinski definition) is 4. The van der Waals surface area contributed by atoms with Gasteiger partial charge in [-0.15, -0.1) is 0 Å². The molecule has 1 saturated carbocycles. The van der Waals surface area contributed by atoms with Gasteiger partial charge < -0.3 is 55.6 Å². The Morgan fingerprint density at radius 2 is 1.25 bits per heavy atom. The zero-order valence-corrected chi connectivity index (χ0v) is 56.0. The summed E-state index contributed by atoms with van der Waals surface area (Å²) in [6.07, 6.45) is -2.75. The number of fused-ring (bicyclic) bond motifs is 1. The van der Waals surface area contributed by atoms with Crippen molar-refractivity contribution >= 4 is 76.6 Å². The first-order valence-electron chi connectivity index (χ1n) is 31.5. The molecule has 8 atom stereocenters. The van der Waals surface area contributed by atoms with Gasteiger partial charge in [-0.25, -0.2) is 0 Å². The van der Waals surface area contributed by atoms with E-state index in [1.54, 1.807) is 39.8 Å². The first-order chi connectivity index (χ1) is 42.5. The molecule has 26 heteroatoms. The van der Waals surface area contributed by atoms with Crippen LogP contribution >= 0.6 is 11.6 Å². The van der Waals surface area contributed by atoms with Gasteiger partial charge in [0.05, 0.1) is 30.2 Å². The van der Waals surface area contributed by atoms with Gasteiger partial charge >= 0.3 is 6.18 Å². The Morgan fingerprint density at radius 1 is 0.659 bits per heavy atom. The monoisotopic (exact) mass is 1300 g/mol. The number of benzene rings is 2. The number of carbonyl (C=O) groups excluding carboxylic acids is 11. The average Bonchev–Trinajstić information content (AvgIpc) is 1.75. The highest BCUT2D eigenvalue weighted by Crippen LogP contribution is 2.36. The van der Waals surface area contributed by atoms with E-state index in [0.29, 0.717) is 36.8 Å². The van der Waals surface area contributed by atoms with E-state index < -0.39 is 161 Å². The molecule has 2 heterocycles. The minimum absolute atomic E-state index is 0.0433. The lowest BCUT2D eigenvalue weighted by Gasteiger charge is -2.39. The van der Waals surface area contributed by atoms with Crippen LogP contribution in [0.2, 0.25) is 5.02 Å². The molecule has 0 radical (unpaired) electrons. The molecule has 1 spiro atoms. The Balaban J connectivity index is 1.56. The summed E-state index contributed by atoms with van der Waals surface area (Å²) < 4.78 is 41.3. The van der Waals surface area contributed by atoms with E-state index in [0.717, 1.165) is 37.3 Å². The smallest absolute Gasteiger partial charge is 0.351 e. The molecule has 1 aliphatic carbocycles. The van der Waals surface area contributed by atoms with Crippen molar-refractivity contribution in [3.63, 3.8) is 0 Å². The first-order valence-corrected chi connectivity index (χ1v) is 31.9. The molecule has 22 nitrogen and oxygen atoms in total. The second kappa shape index (κ2) is 32.3. The summed E-state index contributed by atoms with van der Waals surface area (Å²) in [6.45, 7) is 12.6. The minimum atomic E-state index is -4.75. The largest absolute Gasteiger partial charge is 0.417 e. The van der Waals surface area contributed by atoms with Crippen molar-refractivity contribution < 1.29 is 65.9 Å². The molecule has 2 aliphatic heterocycles. The lowest BCUT2D eigenvalue weighted by molar-refractivity contribution is -0.149. The maximum atomic E-state index is 15.0. The number of amides is 11. The molecule has 2 aromatic carbocycles. The number of alkyl halides is 3. The number of hydrogen-bond acceptors (Lipinski definition) is 11. The van der Waals surface area contributed by atoms with Crippen molar-refractivity contribution in [3.8, 4) is 0 Å². The van der Waals surface area contributed by atoms with Crippen molar-refractivity contribution in [2.24, 2.45) is 17.8 Å². The summed E-state index contributed by atoms with van der Waals surface area (Å²) in [6, 6.07) is 2.33. The number of nitrogens with zero attached hydrogens (tertiary/aromatic N) is 7. The average molecular weight is 1300 g/mol. The topological polar surface area (TPSA) is 259 Å². The molecule has 1 unspecified atom stereocenters. The lowest BCUT2D eigenvalue weighted by atomic mass is 9.92. The van der Waals surface area contributed by atoms with Crippen LogP contribution in [0.3, 0.4) is 0 Å². The number of nitrogens with one attached hydrogen (secondary N) is 4. The van der Waals surface area contributed by atoms with E-state index in [9.17, 15) is 65.9 Å². The number of aryl methyl sites for hydroxylation is 2. The Morgan fingerprint density at radius 3 is 1.84 bits per heavy atom. The van der Waals surface area contributed by atoms with Crippen LogP contribution in [0.25, 0.3) is 0 Å². The van der Waals surface area contributed by atoms with Crippen molar-refractivity contribution in [1.29, 1.82) is 0 Å². The second-order valence-corrected chi connectivity index (χ2v) is 26.4. The predicted molar refractivity (Wildman–Crippen MR) is 336 cm³/mol. The minimum Gasteiger partial charge on any atom is -0.351 e. The van der Waals surface area contributed by atoms with Crippen LogP contribution in [-0.2, 0) is 71.8 Å². The van der Waals surface area contributed by atoms with E-state index in [2.05, 4.69) is 21.3 Å². The van der Waals surface area contributed by atoms with Gasteiger partial charge in [-0.3, -0.25) is 52.7 Å². The van der Waals surface area contributed by atoms with Crippen molar-refractivity contribution in [2.45, 2.75) is 186 Å². The van der Waals surface area contributed by atoms with Gasteiger partial charge in [-0.2, -0.15) is 13.2 Å². The van der Waals surface area contributed by atoms with Crippen LogP contribution < -0.4 is 21.3 Å². The van der Waals surface area contributed by atoms with Crippen LogP contribution in [0.1, 0.15) is 135 Å².